The number of hydrogen-bond donors (Lipinski definition) is 3. The first-order chi connectivity index (χ1) is 14.9. The minimum Gasteiger partial charge on any atom is -0.424 e. The van der Waals surface area contributed by atoms with Crippen LogP contribution in [0.25, 0.3) is 11.1 Å². The van der Waals surface area contributed by atoms with Gasteiger partial charge in [0.1, 0.15) is 5.52 Å². The van der Waals surface area contributed by atoms with E-state index in [1.807, 2.05) is 18.2 Å². The summed E-state index contributed by atoms with van der Waals surface area (Å²) in [7, 11) is -3.78. The normalized spacial score (nSPS) is 16.4. The second-order valence-electron chi connectivity index (χ2n) is 8.45. The lowest BCUT2D eigenvalue weighted by atomic mass is 9.81. The second-order valence-corrected chi connectivity index (χ2v) is 10.1. The van der Waals surface area contributed by atoms with Crippen LogP contribution in [0.5, 0.6) is 0 Å². The third-order valence-corrected chi connectivity index (χ3v) is 7.55. The van der Waals surface area contributed by atoms with E-state index in [-0.39, 0.29) is 10.9 Å². The summed E-state index contributed by atoms with van der Waals surface area (Å²) in [6.45, 7) is 3.84. The number of sulfonamides is 1. The van der Waals surface area contributed by atoms with Crippen molar-refractivity contribution in [1.29, 1.82) is 0 Å². The molecule has 0 bridgehead atoms. The van der Waals surface area contributed by atoms with E-state index in [2.05, 4.69) is 21.9 Å². The predicted octanol–water partition coefficient (Wildman–Crippen LogP) is 4.52. The minimum absolute atomic E-state index is 0.0105. The fourth-order valence-corrected chi connectivity index (χ4v) is 5.49. The summed E-state index contributed by atoms with van der Waals surface area (Å²) >= 11 is 0. The van der Waals surface area contributed by atoms with Crippen molar-refractivity contribution < 1.29 is 12.8 Å². The first-order valence-electron chi connectivity index (χ1n) is 10.9. The largest absolute Gasteiger partial charge is 0.424 e. The zero-order chi connectivity index (χ0) is 21.8. The van der Waals surface area contributed by atoms with Gasteiger partial charge in [-0.15, -0.1) is 0 Å². The summed E-state index contributed by atoms with van der Waals surface area (Å²) in [4.78, 5) is 4.11. The van der Waals surface area contributed by atoms with Gasteiger partial charge in [-0.25, -0.2) is 8.42 Å². The van der Waals surface area contributed by atoms with Gasteiger partial charge in [0.15, 0.2) is 5.58 Å². The number of oxazole rings is 1. The van der Waals surface area contributed by atoms with Gasteiger partial charge in [0.25, 0.3) is 16.0 Å². The Hall–Kier alpha value is -2.58. The van der Waals surface area contributed by atoms with E-state index < -0.39 is 10.0 Å². The van der Waals surface area contributed by atoms with Crippen LogP contribution in [-0.4, -0.2) is 19.9 Å². The molecule has 0 amide bonds. The zero-order valence-electron chi connectivity index (χ0n) is 17.8. The molecule has 0 aliphatic heterocycles. The highest BCUT2D eigenvalue weighted by atomic mass is 32.2. The van der Waals surface area contributed by atoms with E-state index >= 15 is 0 Å². The summed E-state index contributed by atoms with van der Waals surface area (Å²) in [5.74, 6) is 1.40. The molecular weight excluding hydrogens is 412 g/mol. The Kier molecular flexibility index (Phi) is 6.48. The van der Waals surface area contributed by atoms with Gasteiger partial charge in [-0.1, -0.05) is 57.2 Å². The fraction of sp³-hybridized carbons (Fsp3) is 0.435. The molecule has 166 valence electrons. The maximum atomic E-state index is 13.0. The van der Waals surface area contributed by atoms with Crippen molar-refractivity contribution in [2.75, 3.05) is 17.0 Å². The Bertz CT molecular complexity index is 1140. The molecule has 0 spiro atoms. The van der Waals surface area contributed by atoms with Crippen molar-refractivity contribution in [3.05, 3.63) is 48.0 Å². The number of benzene rings is 2. The first-order valence-corrected chi connectivity index (χ1v) is 12.4. The van der Waals surface area contributed by atoms with Gasteiger partial charge in [-0.2, -0.15) is 4.98 Å². The molecule has 1 fully saturated rings. The second kappa shape index (κ2) is 9.28. The predicted molar refractivity (Wildman–Crippen MR) is 123 cm³/mol. The molecule has 1 aliphatic carbocycles. The zero-order valence-corrected chi connectivity index (χ0v) is 18.6. The number of aromatic nitrogens is 1. The van der Waals surface area contributed by atoms with E-state index in [9.17, 15) is 8.42 Å². The Morgan fingerprint density at radius 2 is 1.94 bits per heavy atom. The standard InChI is InChI=1S/C23H30N4O3S/c1-16(17-7-3-2-4-8-17)14-25-15-18-9-5-6-10-20(18)27-31(28,29)19-11-12-21-22(13-19)30-23(24)26-21/h5-6,9-13,16-17,25,27H,2-4,7-8,14-15H2,1H3,(H2,24,26). The number of hydrogen-bond acceptors (Lipinski definition) is 6. The molecule has 4 N–H and O–H groups in total. The van der Waals surface area contributed by atoms with Gasteiger partial charge in [0, 0.05) is 12.6 Å². The van der Waals surface area contributed by atoms with Crippen molar-refractivity contribution in [1.82, 2.24) is 10.3 Å². The van der Waals surface area contributed by atoms with Crippen LogP contribution in [0, 0.1) is 11.8 Å². The van der Waals surface area contributed by atoms with E-state index in [0.717, 1.165) is 18.0 Å². The number of nitrogens with two attached hydrogens (primary N) is 1. The monoisotopic (exact) mass is 442 g/mol. The highest BCUT2D eigenvalue weighted by molar-refractivity contribution is 7.92. The quantitative estimate of drug-likeness (QED) is 0.473. The third-order valence-electron chi connectivity index (χ3n) is 6.18. The molecule has 1 heterocycles. The number of rotatable bonds is 8. The molecule has 1 atom stereocenters. The molecule has 2 aromatic carbocycles. The van der Waals surface area contributed by atoms with Gasteiger partial charge < -0.3 is 15.5 Å². The minimum atomic E-state index is -3.78. The summed E-state index contributed by atoms with van der Waals surface area (Å²) in [6.07, 6.45) is 6.68. The van der Waals surface area contributed by atoms with Crippen LogP contribution in [0.1, 0.15) is 44.6 Å². The van der Waals surface area contributed by atoms with Gasteiger partial charge in [0.2, 0.25) is 0 Å². The van der Waals surface area contributed by atoms with Crippen molar-refractivity contribution >= 4 is 32.8 Å². The van der Waals surface area contributed by atoms with Crippen molar-refractivity contribution in [3.63, 3.8) is 0 Å². The average Bonchev–Trinajstić information content (AvgIpc) is 3.14. The molecule has 1 saturated carbocycles. The topological polar surface area (TPSA) is 110 Å². The molecule has 1 unspecified atom stereocenters. The van der Waals surface area contributed by atoms with E-state index in [1.165, 1.54) is 44.2 Å². The van der Waals surface area contributed by atoms with Crippen molar-refractivity contribution in [3.8, 4) is 0 Å². The number of nitrogens with zero attached hydrogens (tertiary/aromatic N) is 1. The SMILES string of the molecule is CC(CNCc1ccccc1NS(=O)(=O)c1ccc2nc(N)oc2c1)C1CCCCC1. The molecule has 31 heavy (non-hydrogen) atoms. The highest BCUT2D eigenvalue weighted by Crippen LogP contribution is 2.29. The Morgan fingerprint density at radius 1 is 1.16 bits per heavy atom. The molecular formula is C23H30N4O3S. The van der Waals surface area contributed by atoms with Crippen molar-refractivity contribution in [2.45, 2.75) is 50.5 Å². The first kappa shape index (κ1) is 21.6. The maximum absolute atomic E-state index is 13.0. The molecule has 1 aliphatic rings. The van der Waals surface area contributed by atoms with E-state index in [4.69, 9.17) is 10.2 Å². The van der Waals surface area contributed by atoms with E-state index in [0.29, 0.717) is 29.2 Å². The summed E-state index contributed by atoms with van der Waals surface area (Å²) in [6, 6.07) is 12.0. The lowest BCUT2D eigenvalue weighted by molar-refractivity contribution is 0.256. The highest BCUT2D eigenvalue weighted by Gasteiger charge is 2.20. The summed E-state index contributed by atoms with van der Waals surface area (Å²) < 4.78 is 33.9. The summed E-state index contributed by atoms with van der Waals surface area (Å²) in [5.41, 5.74) is 7.90. The van der Waals surface area contributed by atoms with Crippen LogP contribution in [0.2, 0.25) is 0 Å². The Balaban J connectivity index is 1.43. The Labute approximate surface area is 183 Å². The van der Waals surface area contributed by atoms with Gasteiger partial charge >= 0.3 is 0 Å². The smallest absolute Gasteiger partial charge is 0.292 e. The van der Waals surface area contributed by atoms with Crippen LogP contribution in [0.15, 0.2) is 51.8 Å². The lowest BCUT2D eigenvalue weighted by Crippen LogP contribution is -2.27. The van der Waals surface area contributed by atoms with Crippen LogP contribution in [-0.2, 0) is 16.6 Å². The van der Waals surface area contributed by atoms with Crippen molar-refractivity contribution in [2.24, 2.45) is 11.8 Å². The number of anilines is 2. The van der Waals surface area contributed by atoms with Crippen LogP contribution < -0.4 is 15.8 Å². The Morgan fingerprint density at radius 3 is 2.74 bits per heavy atom. The number of fused-ring (bicyclic) bond motifs is 1. The maximum Gasteiger partial charge on any atom is 0.292 e. The van der Waals surface area contributed by atoms with Crippen LogP contribution in [0.3, 0.4) is 0 Å². The number of para-hydroxylation sites is 1. The fourth-order valence-electron chi connectivity index (χ4n) is 4.37. The molecule has 3 aromatic rings. The molecule has 4 rings (SSSR count). The summed E-state index contributed by atoms with van der Waals surface area (Å²) in [5, 5.41) is 3.52. The molecule has 0 radical (unpaired) electrons. The molecule has 7 nitrogen and oxygen atoms in total. The van der Waals surface area contributed by atoms with Crippen LogP contribution >= 0.6 is 0 Å². The van der Waals surface area contributed by atoms with Gasteiger partial charge in [-0.05, 0) is 42.1 Å². The lowest BCUT2D eigenvalue weighted by Gasteiger charge is -2.28. The molecule has 1 aromatic heterocycles. The molecule has 0 saturated heterocycles. The molecule has 8 heteroatoms. The average molecular weight is 443 g/mol. The number of nitrogens with one attached hydrogen (secondary N) is 2. The van der Waals surface area contributed by atoms with Gasteiger partial charge in [-0.3, -0.25) is 4.72 Å². The van der Waals surface area contributed by atoms with Gasteiger partial charge in [0.05, 0.1) is 10.6 Å². The third kappa shape index (κ3) is 5.19. The van der Waals surface area contributed by atoms with Crippen LogP contribution in [0.4, 0.5) is 11.7 Å². The number of nitrogen functional groups attached to an aromatic ring is 1. The van der Waals surface area contributed by atoms with E-state index in [1.54, 1.807) is 12.1 Å².